The fraction of sp³-hybridized carbons (Fsp3) is 0.750. The van der Waals surface area contributed by atoms with Crippen molar-refractivity contribution in [2.45, 2.75) is 97.9 Å². The molecule has 0 bridgehead atoms. The van der Waals surface area contributed by atoms with Gasteiger partial charge in [-0.3, -0.25) is 28.8 Å². The van der Waals surface area contributed by atoms with E-state index in [4.69, 9.17) is 23.7 Å². The maximum absolute atomic E-state index is 12.3. The van der Waals surface area contributed by atoms with Crippen LogP contribution >= 0.6 is 0 Å². The third kappa shape index (κ3) is 11.6. The molecule has 1 saturated heterocycles. The van der Waals surface area contributed by atoms with Crippen LogP contribution in [0.25, 0.3) is 0 Å². The first-order valence-corrected chi connectivity index (χ1v) is 11.9. The van der Waals surface area contributed by atoms with E-state index in [-0.39, 0.29) is 26.1 Å². The number of ether oxygens (including phenoxy) is 5. The molecule has 0 unspecified atom stereocenters. The summed E-state index contributed by atoms with van der Waals surface area (Å²) in [5.74, 6) is -3.52. The average Bonchev–Trinajstić information content (AvgIpc) is 2.70. The van der Waals surface area contributed by atoms with E-state index < -0.39 is 71.8 Å². The largest absolute Gasteiger partial charge is 0.463 e. The summed E-state index contributed by atoms with van der Waals surface area (Å²) in [6.07, 6.45) is -4.26. The Hall–Kier alpha value is -3.22. The Morgan fingerprint density at radius 1 is 0.838 bits per heavy atom. The van der Waals surface area contributed by atoms with Crippen molar-refractivity contribution in [2.24, 2.45) is 0 Å². The van der Waals surface area contributed by atoms with E-state index in [9.17, 15) is 28.8 Å². The van der Waals surface area contributed by atoms with Crippen molar-refractivity contribution in [1.29, 1.82) is 0 Å². The molecule has 1 aliphatic heterocycles. The highest BCUT2D eigenvalue weighted by Crippen LogP contribution is 2.29. The van der Waals surface area contributed by atoms with Crippen molar-refractivity contribution in [1.82, 2.24) is 10.2 Å². The van der Waals surface area contributed by atoms with Crippen molar-refractivity contribution >= 4 is 35.7 Å². The minimum Gasteiger partial charge on any atom is -0.463 e. The number of amides is 2. The highest BCUT2D eigenvalue weighted by molar-refractivity contribution is 5.80. The monoisotopic (exact) mass is 530 g/mol. The molecule has 0 aromatic rings. The van der Waals surface area contributed by atoms with Gasteiger partial charge in [-0.05, 0) is 27.2 Å². The molecule has 13 heteroatoms. The van der Waals surface area contributed by atoms with E-state index in [2.05, 4.69) is 5.32 Å². The first-order chi connectivity index (χ1) is 17.0. The molecule has 1 fully saturated rings. The van der Waals surface area contributed by atoms with E-state index in [0.717, 1.165) is 13.8 Å². The maximum atomic E-state index is 12.3. The van der Waals surface area contributed by atoms with Gasteiger partial charge in [-0.1, -0.05) is 0 Å². The highest BCUT2D eigenvalue weighted by atomic mass is 16.6. The third-order valence-electron chi connectivity index (χ3n) is 5.09. The predicted molar refractivity (Wildman–Crippen MR) is 127 cm³/mol. The van der Waals surface area contributed by atoms with E-state index in [1.165, 1.54) is 25.7 Å². The van der Waals surface area contributed by atoms with Gasteiger partial charge < -0.3 is 33.9 Å². The van der Waals surface area contributed by atoms with E-state index in [1.54, 1.807) is 20.8 Å². The number of carbonyl (C=O) groups is 6. The normalized spacial score (nSPS) is 23.3. The molecule has 0 spiro atoms. The zero-order chi connectivity index (χ0) is 28.5. The van der Waals surface area contributed by atoms with E-state index in [0.29, 0.717) is 0 Å². The second kappa shape index (κ2) is 13.9. The molecule has 0 aliphatic carbocycles. The van der Waals surface area contributed by atoms with Gasteiger partial charge in [0.15, 0.2) is 12.2 Å². The fourth-order valence-corrected chi connectivity index (χ4v) is 3.83. The van der Waals surface area contributed by atoms with Crippen LogP contribution in [0, 0.1) is 0 Å². The van der Waals surface area contributed by atoms with Crippen molar-refractivity contribution in [3.8, 4) is 0 Å². The van der Waals surface area contributed by atoms with Crippen LogP contribution in [0.2, 0.25) is 0 Å². The van der Waals surface area contributed by atoms with Crippen LogP contribution in [0.15, 0.2) is 0 Å². The molecule has 210 valence electrons. The Bertz CT molecular complexity index is 867. The topological polar surface area (TPSA) is 164 Å². The summed E-state index contributed by atoms with van der Waals surface area (Å²) in [5.41, 5.74) is -0.741. The molecule has 1 N–H and O–H groups in total. The number of esters is 4. The van der Waals surface area contributed by atoms with Crippen LogP contribution in [0.3, 0.4) is 0 Å². The second-order valence-corrected chi connectivity index (χ2v) is 9.71. The zero-order valence-corrected chi connectivity index (χ0v) is 22.7. The van der Waals surface area contributed by atoms with Gasteiger partial charge in [0.2, 0.25) is 11.8 Å². The number of nitrogens with one attached hydrogen (secondary N) is 1. The van der Waals surface area contributed by atoms with Gasteiger partial charge in [-0.15, -0.1) is 0 Å². The van der Waals surface area contributed by atoms with Crippen molar-refractivity contribution in [2.75, 3.05) is 19.7 Å². The van der Waals surface area contributed by atoms with Crippen LogP contribution in [-0.2, 0) is 52.5 Å². The lowest BCUT2D eigenvalue weighted by Gasteiger charge is -2.45. The molecule has 1 heterocycles. The third-order valence-corrected chi connectivity index (χ3v) is 5.09. The van der Waals surface area contributed by atoms with Gasteiger partial charge in [-0.2, -0.15) is 0 Å². The molecular weight excluding hydrogens is 492 g/mol. The first-order valence-electron chi connectivity index (χ1n) is 11.9. The maximum Gasteiger partial charge on any atom is 0.326 e. The summed E-state index contributed by atoms with van der Waals surface area (Å²) < 4.78 is 27.2. The lowest BCUT2D eigenvalue weighted by molar-refractivity contribution is -0.224. The molecule has 1 aliphatic rings. The Balaban J connectivity index is 3.27. The first kappa shape index (κ1) is 31.8. The van der Waals surface area contributed by atoms with Gasteiger partial charge in [0.25, 0.3) is 0 Å². The Kier molecular flexibility index (Phi) is 12.0. The smallest absolute Gasteiger partial charge is 0.326 e. The number of hydrogen-bond donors (Lipinski definition) is 1. The van der Waals surface area contributed by atoms with Crippen LogP contribution in [0.5, 0.6) is 0 Å². The van der Waals surface area contributed by atoms with Crippen LogP contribution in [0.4, 0.5) is 0 Å². The Labute approximate surface area is 216 Å². The van der Waals surface area contributed by atoms with Crippen molar-refractivity contribution < 1.29 is 52.5 Å². The highest BCUT2D eigenvalue weighted by Gasteiger charge is 2.50. The molecule has 0 radical (unpaired) electrons. The summed E-state index contributed by atoms with van der Waals surface area (Å²) in [6.45, 7) is 10.5. The van der Waals surface area contributed by atoms with E-state index >= 15 is 0 Å². The number of rotatable bonds is 10. The molecule has 0 aromatic heterocycles. The number of hydrogen-bond acceptors (Lipinski definition) is 11. The lowest BCUT2D eigenvalue weighted by atomic mass is 9.90. The standard InChI is InChI=1S/C24H38N2O11/c1-13(27)25-21-18(9-10-26(14(2)28)11-20(32)37-24(6,7)8)36-19(12-33-15(3)29)22(34-16(4)30)23(21)35-17(5)31/h18-19,21-23H,9-12H2,1-8H3,(H,25,27)/t18-,19-,21+,22+,23-/m1/s1. The molecule has 37 heavy (non-hydrogen) atoms. The van der Waals surface area contributed by atoms with Gasteiger partial charge in [0.1, 0.15) is 24.9 Å². The number of carbonyl (C=O) groups excluding carboxylic acids is 6. The predicted octanol–water partition coefficient (Wildman–Crippen LogP) is 0.265. The van der Waals surface area contributed by atoms with Gasteiger partial charge in [-0.25, -0.2) is 0 Å². The van der Waals surface area contributed by atoms with E-state index in [1.807, 2.05) is 0 Å². The quantitative estimate of drug-likeness (QED) is 0.304. The van der Waals surface area contributed by atoms with Crippen LogP contribution in [0.1, 0.15) is 61.8 Å². The number of nitrogens with zero attached hydrogens (tertiary/aromatic N) is 1. The SMILES string of the molecule is CC(=O)N[C@@H]1[C@@H](OC(C)=O)[C@@H](OC(C)=O)[C@@H](COC(C)=O)O[C@@H]1CCN(CC(=O)OC(C)(C)C)C(C)=O. The molecule has 0 saturated carbocycles. The molecule has 5 atom stereocenters. The lowest BCUT2D eigenvalue weighted by Crippen LogP contribution is -2.66. The minimum atomic E-state index is -1.21. The molecule has 0 aromatic carbocycles. The average molecular weight is 531 g/mol. The summed E-state index contributed by atoms with van der Waals surface area (Å²) in [6, 6.07) is -0.991. The van der Waals surface area contributed by atoms with Gasteiger partial charge in [0, 0.05) is 41.2 Å². The van der Waals surface area contributed by atoms with Gasteiger partial charge >= 0.3 is 23.9 Å². The Morgan fingerprint density at radius 3 is 1.86 bits per heavy atom. The summed E-state index contributed by atoms with van der Waals surface area (Å²) in [4.78, 5) is 73.0. The summed E-state index contributed by atoms with van der Waals surface area (Å²) >= 11 is 0. The van der Waals surface area contributed by atoms with Crippen molar-refractivity contribution in [3.05, 3.63) is 0 Å². The van der Waals surface area contributed by atoms with Crippen LogP contribution < -0.4 is 5.32 Å². The second-order valence-electron chi connectivity index (χ2n) is 9.71. The summed E-state index contributed by atoms with van der Waals surface area (Å²) in [7, 11) is 0. The van der Waals surface area contributed by atoms with Gasteiger partial charge in [0.05, 0.1) is 12.1 Å². The Morgan fingerprint density at radius 2 is 1.41 bits per heavy atom. The molecular formula is C24H38N2O11. The van der Waals surface area contributed by atoms with Crippen molar-refractivity contribution in [3.63, 3.8) is 0 Å². The molecule has 1 rings (SSSR count). The summed E-state index contributed by atoms with van der Waals surface area (Å²) in [5, 5.41) is 2.67. The zero-order valence-electron chi connectivity index (χ0n) is 22.7. The minimum absolute atomic E-state index is 0.0145. The molecule has 13 nitrogen and oxygen atoms in total. The molecule has 2 amide bonds. The van der Waals surface area contributed by atoms with Crippen LogP contribution in [-0.4, -0.2) is 96.3 Å². The fourth-order valence-electron chi connectivity index (χ4n) is 3.83.